The van der Waals surface area contributed by atoms with Crippen LogP contribution in [0.1, 0.15) is 0 Å². The Morgan fingerprint density at radius 1 is 1.05 bits per heavy atom. The molecule has 0 radical (unpaired) electrons. The molecule has 0 aromatic heterocycles. The highest BCUT2D eigenvalue weighted by atomic mass is 32.1. The molecule has 19 heavy (non-hydrogen) atoms. The first-order valence-corrected chi connectivity index (χ1v) is 6.09. The molecule has 0 aliphatic carbocycles. The number of benzene rings is 2. The van der Waals surface area contributed by atoms with Crippen LogP contribution in [0.15, 0.2) is 48.5 Å². The van der Waals surface area contributed by atoms with Crippen molar-refractivity contribution >= 4 is 28.7 Å². The third-order valence-electron chi connectivity index (χ3n) is 2.43. The maximum Gasteiger partial charge on any atom is 0.175 e. The zero-order chi connectivity index (χ0) is 13.7. The van der Waals surface area contributed by atoms with Gasteiger partial charge in [0.05, 0.1) is 7.11 Å². The van der Waals surface area contributed by atoms with E-state index in [0.717, 1.165) is 17.1 Å². The van der Waals surface area contributed by atoms with Gasteiger partial charge >= 0.3 is 0 Å². The van der Waals surface area contributed by atoms with E-state index in [0.29, 0.717) is 5.11 Å². The summed E-state index contributed by atoms with van der Waals surface area (Å²) in [5, 5.41) is 15.8. The molecule has 3 N–H and O–H groups in total. The zero-order valence-electron chi connectivity index (χ0n) is 10.4. The van der Waals surface area contributed by atoms with E-state index in [4.69, 9.17) is 17.0 Å². The molecule has 5 heteroatoms. The number of methoxy groups -OCH3 is 1. The average Bonchev–Trinajstić information content (AvgIpc) is 2.38. The van der Waals surface area contributed by atoms with Crippen LogP contribution in [0, 0.1) is 0 Å². The quantitative estimate of drug-likeness (QED) is 0.750. The molecule has 0 saturated carbocycles. The Labute approximate surface area is 117 Å². The van der Waals surface area contributed by atoms with Crippen LogP contribution in [0.4, 0.5) is 11.4 Å². The summed E-state index contributed by atoms with van der Waals surface area (Å²) in [6, 6.07) is 14.2. The molecule has 0 fully saturated rings. The van der Waals surface area contributed by atoms with Gasteiger partial charge in [-0.1, -0.05) is 12.1 Å². The minimum absolute atomic E-state index is 0.189. The lowest BCUT2D eigenvalue weighted by Gasteiger charge is -2.11. The van der Waals surface area contributed by atoms with Crippen LogP contribution in [0.2, 0.25) is 0 Å². The Morgan fingerprint density at radius 2 is 1.68 bits per heavy atom. The summed E-state index contributed by atoms with van der Waals surface area (Å²) in [7, 11) is 1.61. The van der Waals surface area contributed by atoms with Crippen LogP contribution in [-0.4, -0.2) is 17.3 Å². The third-order valence-corrected chi connectivity index (χ3v) is 2.64. The molecule has 0 amide bonds. The average molecular weight is 274 g/mol. The summed E-state index contributed by atoms with van der Waals surface area (Å²) < 4.78 is 5.13. The van der Waals surface area contributed by atoms with Crippen molar-refractivity contribution in [1.29, 1.82) is 0 Å². The maximum absolute atomic E-state index is 9.36. The Balaban J connectivity index is 2.01. The van der Waals surface area contributed by atoms with Gasteiger partial charge in [0.15, 0.2) is 5.11 Å². The van der Waals surface area contributed by atoms with Crippen LogP contribution < -0.4 is 15.4 Å². The smallest absolute Gasteiger partial charge is 0.175 e. The third kappa shape index (κ3) is 3.86. The highest BCUT2D eigenvalue weighted by molar-refractivity contribution is 7.80. The molecule has 0 atom stereocenters. The van der Waals surface area contributed by atoms with Gasteiger partial charge in [-0.05, 0) is 36.5 Å². The van der Waals surface area contributed by atoms with Gasteiger partial charge in [-0.3, -0.25) is 0 Å². The van der Waals surface area contributed by atoms with Gasteiger partial charge in [0.25, 0.3) is 0 Å². The van der Waals surface area contributed by atoms with Crippen LogP contribution in [0.25, 0.3) is 0 Å². The van der Waals surface area contributed by atoms with Gasteiger partial charge < -0.3 is 20.5 Å². The molecule has 2 aromatic rings. The number of hydrogen-bond acceptors (Lipinski definition) is 3. The number of ether oxygens (including phenoxy) is 1. The fourth-order valence-electron chi connectivity index (χ4n) is 1.58. The summed E-state index contributed by atoms with van der Waals surface area (Å²) in [4.78, 5) is 0. The van der Waals surface area contributed by atoms with Gasteiger partial charge in [-0.25, -0.2) is 0 Å². The first kappa shape index (κ1) is 13.2. The van der Waals surface area contributed by atoms with Gasteiger partial charge in [-0.15, -0.1) is 0 Å². The Hall–Kier alpha value is -2.27. The predicted octanol–water partition coefficient (Wildman–Crippen LogP) is 3.21. The first-order chi connectivity index (χ1) is 9.17. The normalized spacial score (nSPS) is 9.74. The highest BCUT2D eigenvalue weighted by Gasteiger charge is 2.00. The largest absolute Gasteiger partial charge is 0.508 e. The maximum atomic E-state index is 9.36. The molecule has 0 saturated heterocycles. The van der Waals surface area contributed by atoms with E-state index >= 15 is 0 Å². The van der Waals surface area contributed by atoms with Crippen molar-refractivity contribution in [3.05, 3.63) is 48.5 Å². The van der Waals surface area contributed by atoms with Crippen LogP contribution in [0.3, 0.4) is 0 Å². The summed E-state index contributed by atoms with van der Waals surface area (Å²) in [6.45, 7) is 0. The van der Waals surface area contributed by atoms with Gasteiger partial charge in [0.2, 0.25) is 0 Å². The molecule has 0 aliphatic rings. The van der Waals surface area contributed by atoms with Crippen LogP contribution in [0.5, 0.6) is 11.5 Å². The van der Waals surface area contributed by atoms with E-state index in [-0.39, 0.29) is 5.75 Å². The second-order valence-corrected chi connectivity index (χ2v) is 4.27. The number of aromatic hydroxyl groups is 1. The number of hydrogen-bond donors (Lipinski definition) is 3. The number of thiocarbonyl (C=S) groups is 1. The minimum Gasteiger partial charge on any atom is -0.508 e. The van der Waals surface area contributed by atoms with E-state index in [1.807, 2.05) is 30.3 Å². The van der Waals surface area contributed by atoms with Crippen molar-refractivity contribution in [2.75, 3.05) is 17.7 Å². The SMILES string of the molecule is COc1cccc(NC(=S)Nc2cccc(O)c2)c1. The molecule has 4 nitrogen and oxygen atoms in total. The van der Waals surface area contributed by atoms with Crippen molar-refractivity contribution in [2.24, 2.45) is 0 Å². The van der Waals surface area contributed by atoms with Gasteiger partial charge in [0, 0.05) is 23.5 Å². The summed E-state index contributed by atoms with van der Waals surface area (Å²) >= 11 is 5.20. The number of anilines is 2. The van der Waals surface area contributed by atoms with Crippen molar-refractivity contribution in [1.82, 2.24) is 0 Å². The van der Waals surface area contributed by atoms with E-state index in [1.165, 1.54) is 0 Å². The predicted molar refractivity (Wildman–Crippen MR) is 80.9 cm³/mol. The molecule has 2 rings (SSSR count). The highest BCUT2D eigenvalue weighted by Crippen LogP contribution is 2.18. The lowest BCUT2D eigenvalue weighted by Crippen LogP contribution is -2.18. The molecule has 0 unspecified atom stereocenters. The number of nitrogens with one attached hydrogen (secondary N) is 2. The second-order valence-electron chi connectivity index (χ2n) is 3.86. The van der Waals surface area contributed by atoms with Crippen molar-refractivity contribution in [3.8, 4) is 11.5 Å². The topological polar surface area (TPSA) is 53.5 Å². The molecule has 98 valence electrons. The van der Waals surface area contributed by atoms with Gasteiger partial charge in [-0.2, -0.15) is 0 Å². The fourth-order valence-corrected chi connectivity index (χ4v) is 1.81. The standard InChI is InChI=1S/C14H14N2O2S/c1-18-13-7-3-5-11(9-13)16-14(19)15-10-4-2-6-12(17)8-10/h2-9,17H,1H3,(H2,15,16,19). The zero-order valence-corrected chi connectivity index (χ0v) is 11.2. The van der Waals surface area contributed by atoms with E-state index < -0.39 is 0 Å². The minimum atomic E-state index is 0.189. The molecule has 0 bridgehead atoms. The molecule has 0 aliphatic heterocycles. The van der Waals surface area contributed by atoms with Gasteiger partial charge in [0.1, 0.15) is 11.5 Å². The van der Waals surface area contributed by atoms with E-state index in [1.54, 1.807) is 25.3 Å². The molecular weight excluding hydrogens is 260 g/mol. The number of phenols is 1. The Bertz CT molecular complexity index is 587. The van der Waals surface area contributed by atoms with Crippen molar-refractivity contribution < 1.29 is 9.84 Å². The number of rotatable bonds is 3. The fraction of sp³-hybridized carbons (Fsp3) is 0.0714. The Kier molecular flexibility index (Phi) is 4.20. The summed E-state index contributed by atoms with van der Waals surface area (Å²) in [5.74, 6) is 0.944. The van der Waals surface area contributed by atoms with Crippen LogP contribution in [-0.2, 0) is 0 Å². The number of phenolic OH excluding ortho intramolecular Hbond substituents is 1. The second kappa shape index (κ2) is 6.06. The summed E-state index contributed by atoms with van der Waals surface area (Å²) in [6.07, 6.45) is 0. The monoisotopic (exact) mass is 274 g/mol. The van der Waals surface area contributed by atoms with E-state index in [2.05, 4.69) is 10.6 Å². The first-order valence-electron chi connectivity index (χ1n) is 5.68. The lowest BCUT2D eigenvalue weighted by atomic mass is 10.3. The Morgan fingerprint density at radius 3 is 2.32 bits per heavy atom. The molecular formula is C14H14N2O2S. The van der Waals surface area contributed by atoms with Crippen molar-refractivity contribution in [3.63, 3.8) is 0 Å². The molecule has 0 heterocycles. The molecule has 0 spiro atoms. The van der Waals surface area contributed by atoms with Crippen LogP contribution >= 0.6 is 12.2 Å². The van der Waals surface area contributed by atoms with E-state index in [9.17, 15) is 5.11 Å². The lowest BCUT2D eigenvalue weighted by molar-refractivity contribution is 0.415. The molecule has 2 aromatic carbocycles. The summed E-state index contributed by atoms with van der Waals surface area (Å²) in [5.41, 5.74) is 1.55. The van der Waals surface area contributed by atoms with Crippen molar-refractivity contribution in [2.45, 2.75) is 0 Å².